The van der Waals surface area contributed by atoms with Crippen molar-refractivity contribution in [2.75, 3.05) is 37.7 Å². The Bertz CT molecular complexity index is 1500. The number of carbonyl (C=O) groups is 1. The largest absolute Gasteiger partial charge is 0.488 e. The predicted octanol–water partition coefficient (Wildman–Crippen LogP) is 5.73. The molecule has 3 fully saturated rings. The van der Waals surface area contributed by atoms with Crippen molar-refractivity contribution in [2.45, 2.75) is 52.4 Å². The van der Waals surface area contributed by atoms with Gasteiger partial charge in [-0.3, -0.25) is 9.69 Å². The van der Waals surface area contributed by atoms with Gasteiger partial charge in [0.25, 0.3) is 0 Å². The van der Waals surface area contributed by atoms with E-state index in [1.54, 1.807) is 11.3 Å². The summed E-state index contributed by atoms with van der Waals surface area (Å²) in [7, 11) is 0. The third-order valence-corrected chi connectivity index (χ3v) is 9.78. The van der Waals surface area contributed by atoms with E-state index in [0.29, 0.717) is 12.2 Å². The van der Waals surface area contributed by atoms with Crippen molar-refractivity contribution in [2.24, 2.45) is 17.8 Å². The molecule has 1 aromatic heterocycles. The van der Waals surface area contributed by atoms with Crippen molar-refractivity contribution in [3.8, 4) is 23.1 Å². The molecule has 9 heteroatoms. The highest BCUT2D eigenvalue weighted by Crippen LogP contribution is 2.44. The monoisotopic (exact) mass is 586 g/mol. The van der Waals surface area contributed by atoms with Gasteiger partial charge in [-0.1, -0.05) is 23.8 Å². The Morgan fingerprint density at radius 3 is 2.71 bits per heavy atom. The van der Waals surface area contributed by atoms with E-state index in [2.05, 4.69) is 54.2 Å². The summed E-state index contributed by atoms with van der Waals surface area (Å²) in [5.41, 5.74) is 5.32. The normalized spacial score (nSPS) is 23.5. The van der Waals surface area contributed by atoms with Gasteiger partial charge in [0.2, 0.25) is 0 Å². The zero-order valence-electron chi connectivity index (χ0n) is 24.5. The molecule has 1 N–H and O–H groups in total. The quantitative estimate of drug-likeness (QED) is 0.358. The first-order valence-corrected chi connectivity index (χ1v) is 15.6. The number of aliphatic carboxylic acids is 1. The van der Waals surface area contributed by atoms with Crippen molar-refractivity contribution < 1.29 is 19.4 Å². The molecule has 2 aliphatic heterocycles. The summed E-state index contributed by atoms with van der Waals surface area (Å²) in [6.07, 6.45) is 1.95. The standard InChI is InChI=1S/C33H38N4O4S/c1-21-4-9-29(40-18-25-6-5-22(13-26(25)14-34)15-36-10-11-41-33(2,3)20-36)27(12-21)28-19-42-32(35-28)37-16-23-7-8-24(17-37)30(23)31(38)39/h4-6,9,12-13,19,23-24,30H,7-8,10-11,15-18,20H2,1-3H3,(H,38,39)/t23-,24+,30+. The summed E-state index contributed by atoms with van der Waals surface area (Å²) in [4.78, 5) is 21.4. The summed E-state index contributed by atoms with van der Waals surface area (Å²) in [5.74, 6) is 0.224. The molecule has 42 heavy (non-hydrogen) atoms. The fourth-order valence-corrected chi connectivity index (χ4v) is 7.75. The van der Waals surface area contributed by atoms with Gasteiger partial charge in [-0.25, -0.2) is 4.98 Å². The van der Waals surface area contributed by atoms with Gasteiger partial charge in [0.05, 0.1) is 35.5 Å². The summed E-state index contributed by atoms with van der Waals surface area (Å²) in [5, 5.41) is 22.6. The molecular weight excluding hydrogens is 548 g/mol. The smallest absolute Gasteiger partial charge is 0.307 e. The Labute approximate surface area is 251 Å². The number of nitrogens with zero attached hydrogens (tertiary/aromatic N) is 4. The molecule has 0 spiro atoms. The van der Waals surface area contributed by atoms with E-state index in [9.17, 15) is 15.2 Å². The van der Waals surface area contributed by atoms with Crippen LogP contribution in [0.1, 0.15) is 48.9 Å². The molecule has 3 aliphatic rings. The van der Waals surface area contributed by atoms with E-state index in [1.807, 2.05) is 24.3 Å². The van der Waals surface area contributed by atoms with Crippen molar-refractivity contribution in [3.05, 3.63) is 64.0 Å². The Morgan fingerprint density at radius 1 is 1.21 bits per heavy atom. The third kappa shape index (κ3) is 6.03. The number of fused-ring (bicyclic) bond motifs is 2. The molecule has 220 valence electrons. The van der Waals surface area contributed by atoms with Crippen LogP contribution in [0, 0.1) is 36.0 Å². The number of aryl methyl sites for hydroxylation is 1. The van der Waals surface area contributed by atoms with Crippen LogP contribution in [0.4, 0.5) is 5.13 Å². The zero-order valence-corrected chi connectivity index (χ0v) is 25.3. The Balaban J connectivity index is 1.16. The summed E-state index contributed by atoms with van der Waals surface area (Å²) >= 11 is 1.60. The Morgan fingerprint density at radius 2 is 2.00 bits per heavy atom. The molecule has 0 unspecified atom stereocenters. The molecule has 2 saturated heterocycles. The zero-order chi connectivity index (χ0) is 29.4. The van der Waals surface area contributed by atoms with Crippen LogP contribution in [0.15, 0.2) is 41.8 Å². The first kappa shape index (κ1) is 28.7. The van der Waals surface area contributed by atoms with Crippen LogP contribution >= 0.6 is 11.3 Å². The average molecular weight is 587 g/mol. The Kier molecular flexibility index (Phi) is 7.97. The number of morpholine rings is 1. The molecule has 1 saturated carbocycles. The van der Waals surface area contributed by atoms with Gasteiger partial charge in [-0.15, -0.1) is 11.3 Å². The van der Waals surface area contributed by atoms with Gasteiger partial charge in [0.1, 0.15) is 12.4 Å². The van der Waals surface area contributed by atoms with Crippen LogP contribution in [-0.2, 0) is 22.7 Å². The molecule has 0 radical (unpaired) electrons. The fourth-order valence-electron chi connectivity index (χ4n) is 6.90. The molecule has 3 heterocycles. The first-order valence-electron chi connectivity index (χ1n) is 14.7. The highest BCUT2D eigenvalue weighted by atomic mass is 32.1. The van der Waals surface area contributed by atoms with Crippen molar-refractivity contribution in [3.63, 3.8) is 0 Å². The SMILES string of the molecule is Cc1ccc(OCc2ccc(CN3CCOC(C)(C)C3)cc2C#N)c(-c2csc(N3C[C@H]4CC[C@@H](C3)[C@H]4C(=O)O)n2)c1. The number of benzene rings is 2. The molecule has 6 rings (SSSR count). The number of ether oxygens (including phenoxy) is 2. The van der Waals surface area contributed by atoms with E-state index in [0.717, 1.165) is 84.4 Å². The first-order chi connectivity index (χ1) is 20.2. The van der Waals surface area contributed by atoms with Gasteiger partial charge < -0.3 is 19.5 Å². The third-order valence-electron chi connectivity index (χ3n) is 8.88. The number of anilines is 1. The number of rotatable bonds is 8. The maximum atomic E-state index is 11.8. The van der Waals surface area contributed by atoms with Crippen LogP contribution in [0.5, 0.6) is 5.75 Å². The number of carboxylic acid groups (broad SMARTS) is 1. The highest BCUT2D eigenvalue weighted by Gasteiger charge is 2.46. The highest BCUT2D eigenvalue weighted by molar-refractivity contribution is 7.14. The van der Waals surface area contributed by atoms with Crippen molar-refractivity contribution >= 4 is 22.4 Å². The minimum Gasteiger partial charge on any atom is -0.488 e. The lowest BCUT2D eigenvalue weighted by Gasteiger charge is -2.38. The molecule has 2 bridgehead atoms. The number of piperidine rings is 1. The second-order valence-corrected chi connectivity index (χ2v) is 13.4. The number of thiazole rings is 1. The minimum atomic E-state index is -0.654. The fraction of sp³-hybridized carbons (Fsp3) is 0.485. The number of nitriles is 1. The van der Waals surface area contributed by atoms with Crippen LogP contribution in [0.3, 0.4) is 0 Å². The van der Waals surface area contributed by atoms with E-state index in [-0.39, 0.29) is 30.0 Å². The average Bonchev–Trinajstić information content (AvgIpc) is 3.55. The molecule has 0 amide bonds. The maximum Gasteiger partial charge on any atom is 0.307 e. The molecule has 3 atom stereocenters. The van der Waals surface area contributed by atoms with Crippen molar-refractivity contribution in [1.29, 1.82) is 5.26 Å². The Hall–Kier alpha value is -3.45. The van der Waals surface area contributed by atoms with Crippen LogP contribution in [-0.4, -0.2) is 59.3 Å². The van der Waals surface area contributed by atoms with Crippen LogP contribution < -0.4 is 9.64 Å². The summed E-state index contributed by atoms with van der Waals surface area (Å²) in [6, 6.07) is 14.5. The number of carboxylic acids is 1. The summed E-state index contributed by atoms with van der Waals surface area (Å²) in [6.45, 7) is 11.3. The lowest BCUT2D eigenvalue weighted by Crippen LogP contribution is -2.47. The second kappa shape index (κ2) is 11.7. The second-order valence-electron chi connectivity index (χ2n) is 12.6. The predicted molar refractivity (Wildman–Crippen MR) is 163 cm³/mol. The molecule has 3 aromatic rings. The van der Waals surface area contributed by atoms with Crippen LogP contribution in [0.2, 0.25) is 0 Å². The van der Waals surface area contributed by atoms with Crippen molar-refractivity contribution in [1.82, 2.24) is 9.88 Å². The van der Waals surface area contributed by atoms with Gasteiger partial charge in [-0.2, -0.15) is 5.26 Å². The molecule has 8 nitrogen and oxygen atoms in total. The molecule has 1 aliphatic carbocycles. The van der Waals surface area contributed by atoms with Gasteiger partial charge in [0.15, 0.2) is 5.13 Å². The lowest BCUT2D eigenvalue weighted by molar-refractivity contribution is -0.144. The van der Waals surface area contributed by atoms with Gasteiger partial charge >= 0.3 is 5.97 Å². The van der Waals surface area contributed by atoms with E-state index in [1.165, 1.54) is 0 Å². The molecular formula is C33H38N4O4S. The van der Waals surface area contributed by atoms with E-state index >= 15 is 0 Å². The van der Waals surface area contributed by atoms with E-state index in [4.69, 9.17) is 14.5 Å². The lowest BCUT2D eigenvalue weighted by atomic mass is 9.85. The molecule has 2 aromatic carbocycles. The summed E-state index contributed by atoms with van der Waals surface area (Å²) < 4.78 is 12.2. The van der Waals surface area contributed by atoms with Gasteiger partial charge in [0, 0.05) is 49.2 Å². The van der Waals surface area contributed by atoms with Crippen LogP contribution in [0.25, 0.3) is 11.3 Å². The maximum absolute atomic E-state index is 11.8. The topological polar surface area (TPSA) is 98.9 Å². The minimum absolute atomic E-state index is 0.162. The van der Waals surface area contributed by atoms with Gasteiger partial charge in [-0.05, 0) is 69.2 Å². The van der Waals surface area contributed by atoms with E-state index < -0.39 is 5.97 Å². The number of hydrogen-bond acceptors (Lipinski definition) is 8. The number of hydrogen-bond donors (Lipinski definition) is 1. The number of aromatic nitrogens is 1.